The van der Waals surface area contributed by atoms with Crippen molar-refractivity contribution in [1.29, 1.82) is 0 Å². The van der Waals surface area contributed by atoms with E-state index >= 15 is 0 Å². The van der Waals surface area contributed by atoms with Gasteiger partial charge in [-0.2, -0.15) is 0 Å². The van der Waals surface area contributed by atoms with Crippen molar-refractivity contribution in [3.8, 4) is 0 Å². The van der Waals surface area contributed by atoms with E-state index in [4.69, 9.17) is 23.3 Å². The quantitative estimate of drug-likeness (QED) is 0.0197. The molecule has 0 bridgehead atoms. The summed E-state index contributed by atoms with van der Waals surface area (Å²) in [4.78, 5) is 48.6. The second kappa shape index (κ2) is 57.8. The molecule has 0 saturated heterocycles. The van der Waals surface area contributed by atoms with Crippen LogP contribution in [0.4, 0.5) is 0 Å². The molecule has 0 heterocycles. The highest BCUT2D eigenvalue weighted by Gasteiger charge is 2.28. The van der Waals surface area contributed by atoms with Crippen LogP contribution in [0.1, 0.15) is 265 Å². The van der Waals surface area contributed by atoms with Crippen LogP contribution in [0.5, 0.6) is 0 Å². The van der Waals surface area contributed by atoms with Gasteiger partial charge in [0.25, 0.3) is 0 Å². The van der Waals surface area contributed by atoms with Crippen LogP contribution in [0.15, 0.2) is 85.1 Å². The van der Waals surface area contributed by atoms with Gasteiger partial charge in [-0.1, -0.05) is 234 Å². The monoisotopic (exact) mass is 1090 g/mol. The number of carbonyl (C=O) groups excluding carboxylic acids is 3. The van der Waals surface area contributed by atoms with Crippen LogP contribution in [0, 0.1) is 0 Å². The molecule has 438 valence electrons. The maximum absolute atomic E-state index is 12.9. The van der Waals surface area contributed by atoms with Crippen molar-refractivity contribution in [2.24, 2.45) is 0 Å². The number of carbonyl (C=O) groups is 3. The maximum atomic E-state index is 12.9. The molecule has 0 amide bonds. The van der Waals surface area contributed by atoms with E-state index in [9.17, 15) is 28.9 Å². The summed E-state index contributed by atoms with van der Waals surface area (Å²) < 4.78 is 39.6. The molecule has 0 aliphatic rings. The van der Waals surface area contributed by atoms with Crippen molar-refractivity contribution in [2.75, 3.05) is 26.4 Å². The Morgan fingerprint density at radius 1 is 0.382 bits per heavy atom. The van der Waals surface area contributed by atoms with Crippen LogP contribution in [0.25, 0.3) is 0 Å². The van der Waals surface area contributed by atoms with Crippen LogP contribution in [-0.2, 0) is 42.2 Å². The fourth-order valence-corrected chi connectivity index (χ4v) is 8.96. The predicted molar refractivity (Wildman–Crippen MR) is 316 cm³/mol. The number of phosphoric acid groups is 1. The molecule has 0 saturated carbocycles. The van der Waals surface area contributed by atoms with Gasteiger partial charge in [0, 0.05) is 19.3 Å². The van der Waals surface area contributed by atoms with Gasteiger partial charge in [-0.3, -0.25) is 23.4 Å². The van der Waals surface area contributed by atoms with Crippen molar-refractivity contribution in [3.05, 3.63) is 85.1 Å². The molecule has 0 aromatic heterocycles. The van der Waals surface area contributed by atoms with Gasteiger partial charge in [-0.25, -0.2) is 4.57 Å². The summed E-state index contributed by atoms with van der Waals surface area (Å²) in [6, 6.07) is 0. The fourth-order valence-electron chi connectivity index (χ4n) is 8.18. The first-order valence-corrected chi connectivity index (χ1v) is 32.0. The first kappa shape index (κ1) is 72.7. The summed E-state index contributed by atoms with van der Waals surface area (Å²) >= 11 is 0. The van der Waals surface area contributed by atoms with E-state index in [1.54, 1.807) is 0 Å². The highest BCUT2D eigenvalue weighted by Crippen LogP contribution is 2.43. The lowest BCUT2D eigenvalue weighted by atomic mass is 10.1. The van der Waals surface area contributed by atoms with E-state index in [1.165, 1.54) is 70.6 Å². The van der Waals surface area contributed by atoms with Crippen molar-refractivity contribution < 1.29 is 52.2 Å². The Labute approximate surface area is 464 Å². The second-order valence-electron chi connectivity index (χ2n) is 20.1. The third kappa shape index (κ3) is 55.4. The summed E-state index contributed by atoms with van der Waals surface area (Å²) in [5, 5.41) is 9.81. The Bertz CT molecular complexity index is 1600. The molecule has 0 aliphatic carbocycles. The third-order valence-electron chi connectivity index (χ3n) is 12.8. The summed E-state index contributed by atoms with van der Waals surface area (Å²) in [7, 11) is -4.76. The fraction of sp³-hybridized carbons (Fsp3) is 0.734. The molecule has 2 N–H and O–H groups in total. The minimum absolute atomic E-state index is 0.148. The number of hydrogen-bond acceptors (Lipinski definition) is 10. The number of esters is 3. The van der Waals surface area contributed by atoms with E-state index in [-0.39, 0.29) is 25.9 Å². The number of allylic oxidation sites excluding steroid dienone is 14. The molecule has 0 spiro atoms. The van der Waals surface area contributed by atoms with E-state index in [1.807, 2.05) is 0 Å². The van der Waals surface area contributed by atoms with Crippen LogP contribution in [-0.4, -0.2) is 66.5 Å². The summed E-state index contributed by atoms with van der Waals surface area (Å²) in [6.07, 6.45) is 66.8. The van der Waals surface area contributed by atoms with Gasteiger partial charge in [0.1, 0.15) is 12.7 Å². The lowest BCUT2D eigenvalue weighted by molar-refractivity contribution is -0.161. The van der Waals surface area contributed by atoms with Gasteiger partial charge in [0.2, 0.25) is 0 Å². The molecular weight excluding hydrogens is 976 g/mol. The Balaban J connectivity index is 4.76. The first-order valence-electron chi connectivity index (χ1n) is 30.5. The SMILES string of the molecule is CC/C=C\C/C=C\C/C=C\C/C=C\CCCCCCCCC(=O)OCC(COP(=O)(O)OCC(CO)OC(=O)CCCCCCCCCCCCC)OC(=O)CCCCCCCC/C=C\C/C=C\C/C=C\CCCCC. The summed E-state index contributed by atoms with van der Waals surface area (Å²) in [5.41, 5.74) is 0. The molecule has 0 aliphatic heterocycles. The Kier molecular flexibility index (Phi) is 55.3. The van der Waals surface area contributed by atoms with Gasteiger partial charge < -0.3 is 24.2 Å². The van der Waals surface area contributed by atoms with Crippen molar-refractivity contribution in [1.82, 2.24) is 0 Å². The Hall–Kier alpha value is -3.34. The molecule has 11 nitrogen and oxygen atoms in total. The lowest BCUT2D eigenvalue weighted by Crippen LogP contribution is -2.30. The number of phosphoric ester groups is 1. The third-order valence-corrected chi connectivity index (χ3v) is 13.8. The van der Waals surface area contributed by atoms with Crippen LogP contribution < -0.4 is 0 Å². The van der Waals surface area contributed by atoms with Crippen molar-refractivity contribution >= 4 is 25.7 Å². The normalized spacial score (nSPS) is 13.9. The molecular formula is C64H111O11P. The largest absolute Gasteiger partial charge is 0.472 e. The molecule has 0 aromatic carbocycles. The standard InChI is InChI=1S/C64H111O11P/c1-4-7-10-13-16-19-22-24-26-28-30-32-34-36-39-41-44-47-50-53-62(66)71-57-61(75-64(68)55-52-49-46-43-40-37-35-33-31-29-27-25-23-20-17-14-11-8-5-2)59-73-76(69,70)72-58-60(56-65)74-63(67)54-51-48-45-42-38-21-18-15-12-9-6-3/h7,10,16-17,19-20,24-27,30-33,60-61,65H,4-6,8-9,11-15,18,21-23,28-29,34-59H2,1-3H3,(H,69,70)/b10-7-,19-16-,20-17-,26-24-,27-25-,32-30-,33-31-. The predicted octanol–water partition coefficient (Wildman–Crippen LogP) is 18.3. The van der Waals surface area contributed by atoms with E-state index < -0.39 is 57.8 Å². The van der Waals surface area contributed by atoms with E-state index in [2.05, 4.69) is 106 Å². The average molecular weight is 1090 g/mol. The summed E-state index contributed by atoms with van der Waals surface area (Å²) in [5.74, 6) is -1.49. The summed E-state index contributed by atoms with van der Waals surface area (Å²) in [6.45, 7) is 4.48. The van der Waals surface area contributed by atoms with Gasteiger partial charge in [0.15, 0.2) is 6.10 Å². The minimum atomic E-state index is -4.76. The first-order chi connectivity index (χ1) is 37.2. The number of rotatable bonds is 56. The average Bonchev–Trinajstić information content (AvgIpc) is 3.41. The molecule has 12 heteroatoms. The maximum Gasteiger partial charge on any atom is 0.472 e. The molecule has 0 fully saturated rings. The van der Waals surface area contributed by atoms with Gasteiger partial charge in [-0.15, -0.1) is 0 Å². The molecule has 76 heavy (non-hydrogen) atoms. The van der Waals surface area contributed by atoms with Crippen LogP contribution >= 0.6 is 7.82 Å². The number of aliphatic hydroxyl groups is 1. The molecule has 3 unspecified atom stereocenters. The second-order valence-corrected chi connectivity index (χ2v) is 21.6. The van der Waals surface area contributed by atoms with Gasteiger partial charge in [-0.05, 0) is 96.3 Å². The molecule has 0 radical (unpaired) electrons. The van der Waals surface area contributed by atoms with Crippen LogP contribution in [0.3, 0.4) is 0 Å². The molecule has 0 rings (SSSR count). The zero-order valence-electron chi connectivity index (χ0n) is 48.5. The minimum Gasteiger partial charge on any atom is -0.462 e. The number of aliphatic hydroxyl groups excluding tert-OH is 1. The number of unbranched alkanes of at least 4 members (excludes halogenated alkanes) is 25. The smallest absolute Gasteiger partial charge is 0.462 e. The van der Waals surface area contributed by atoms with Gasteiger partial charge in [0.05, 0.1) is 19.8 Å². The van der Waals surface area contributed by atoms with Crippen molar-refractivity contribution in [3.63, 3.8) is 0 Å². The number of ether oxygens (including phenoxy) is 3. The highest BCUT2D eigenvalue weighted by atomic mass is 31.2. The number of hydrogen-bond donors (Lipinski definition) is 2. The van der Waals surface area contributed by atoms with Gasteiger partial charge >= 0.3 is 25.7 Å². The lowest BCUT2D eigenvalue weighted by Gasteiger charge is -2.21. The van der Waals surface area contributed by atoms with E-state index in [0.717, 1.165) is 135 Å². The topological polar surface area (TPSA) is 155 Å². The van der Waals surface area contributed by atoms with E-state index in [0.29, 0.717) is 19.3 Å². The van der Waals surface area contributed by atoms with Crippen molar-refractivity contribution in [2.45, 2.75) is 277 Å². The zero-order valence-corrected chi connectivity index (χ0v) is 49.3. The Morgan fingerprint density at radius 2 is 0.684 bits per heavy atom. The van der Waals surface area contributed by atoms with Crippen LogP contribution in [0.2, 0.25) is 0 Å². The molecule has 0 aromatic rings. The highest BCUT2D eigenvalue weighted by molar-refractivity contribution is 7.47. The Morgan fingerprint density at radius 3 is 1.08 bits per heavy atom. The zero-order chi connectivity index (χ0) is 55.5. The molecule has 3 atom stereocenters.